The highest BCUT2D eigenvalue weighted by atomic mass is 16.5. The molecule has 0 radical (unpaired) electrons. The third-order valence-corrected chi connectivity index (χ3v) is 4.18. The van der Waals surface area contributed by atoms with Gasteiger partial charge in [-0.3, -0.25) is 9.59 Å². The van der Waals surface area contributed by atoms with Gasteiger partial charge in [-0.2, -0.15) is 0 Å². The second-order valence-corrected chi connectivity index (χ2v) is 6.42. The highest BCUT2D eigenvalue weighted by Gasteiger charge is 2.13. The van der Waals surface area contributed by atoms with Crippen molar-refractivity contribution in [2.75, 3.05) is 13.2 Å². The van der Waals surface area contributed by atoms with E-state index in [9.17, 15) is 9.59 Å². The quantitative estimate of drug-likeness (QED) is 0.660. The van der Waals surface area contributed by atoms with Crippen LogP contribution in [0.4, 0.5) is 0 Å². The van der Waals surface area contributed by atoms with Gasteiger partial charge in [0.2, 0.25) is 0 Å². The van der Waals surface area contributed by atoms with Crippen molar-refractivity contribution in [3.8, 4) is 11.5 Å². The molecule has 0 atom stereocenters. The third-order valence-electron chi connectivity index (χ3n) is 4.18. The fraction of sp³-hybridized carbons (Fsp3) is 0.429. The molecule has 1 amide bonds. The molecule has 0 fully saturated rings. The molecule has 0 aliphatic carbocycles. The molecule has 6 nitrogen and oxygen atoms in total. The van der Waals surface area contributed by atoms with Crippen LogP contribution in [0.1, 0.15) is 53.9 Å². The number of H-pyrrole nitrogens is 1. The Morgan fingerprint density at radius 1 is 1.11 bits per heavy atom. The Morgan fingerprint density at radius 3 is 2.56 bits per heavy atom. The van der Waals surface area contributed by atoms with Gasteiger partial charge in [-0.15, -0.1) is 0 Å². The van der Waals surface area contributed by atoms with Gasteiger partial charge in [0.25, 0.3) is 11.5 Å². The summed E-state index contributed by atoms with van der Waals surface area (Å²) in [6, 6.07) is 7.01. The molecule has 1 heterocycles. The molecule has 0 spiro atoms. The molecule has 2 rings (SSSR count). The first-order chi connectivity index (χ1) is 13.0. The molecular formula is C21H28N2O4. The van der Waals surface area contributed by atoms with Crippen LogP contribution in [-0.2, 0) is 6.54 Å². The van der Waals surface area contributed by atoms with E-state index in [4.69, 9.17) is 9.47 Å². The van der Waals surface area contributed by atoms with Gasteiger partial charge in [0.1, 0.15) is 0 Å². The van der Waals surface area contributed by atoms with Crippen molar-refractivity contribution in [3.63, 3.8) is 0 Å². The lowest BCUT2D eigenvalue weighted by atomic mass is 10.1. The SMILES string of the molecule is CCCCOc1ccc(C(=O)NCc2c(C)cc(C)[nH]c2=O)cc1OCC. The van der Waals surface area contributed by atoms with Crippen LogP contribution in [0.15, 0.2) is 29.1 Å². The first-order valence-corrected chi connectivity index (χ1v) is 9.33. The Hall–Kier alpha value is -2.76. The summed E-state index contributed by atoms with van der Waals surface area (Å²) in [5.74, 6) is 0.911. The first-order valence-electron chi connectivity index (χ1n) is 9.33. The standard InChI is InChI=1S/C21H28N2O4/c1-5-7-10-27-18-9-8-16(12-19(18)26-6-2)20(24)22-13-17-14(3)11-15(4)23-21(17)25/h8-9,11-12H,5-7,10,13H2,1-4H3,(H,22,24)(H,23,25). The fourth-order valence-corrected chi connectivity index (χ4v) is 2.74. The van der Waals surface area contributed by atoms with Gasteiger partial charge in [-0.1, -0.05) is 13.3 Å². The Balaban J connectivity index is 2.11. The minimum absolute atomic E-state index is 0.166. The van der Waals surface area contributed by atoms with Crippen molar-refractivity contribution in [2.45, 2.75) is 47.1 Å². The lowest BCUT2D eigenvalue weighted by Crippen LogP contribution is -2.28. The van der Waals surface area contributed by atoms with E-state index in [0.29, 0.717) is 35.8 Å². The van der Waals surface area contributed by atoms with E-state index in [1.54, 1.807) is 18.2 Å². The lowest BCUT2D eigenvalue weighted by molar-refractivity contribution is 0.0950. The van der Waals surface area contributed by atoms with Gasteiger partial charge in [-0.05, 0) is 57.0 Å². The summed E-state index contributed by atoms with van der Waals surface area (Å²) >= 11 is 0. The van der Waals surface area contributed by atoms with E-state index in [1.165, 1.54) is 0 Å². The van der Waals surface area contributed by atoms with Crippen molar-refractivity contribution in [1.29, 1.82) is 0 Å². The van der Waals surface area contributed by atoms with Crippen LogP contribution in [0.2, 0.25) is 0 Å². The number of ether oxygens (including phenoxy) is 2. The van der Waals surface area contributed by atoms with E-state index in [1.807, 2.05) is 26.8 Å². The Morgan fingerprint density at radius 2 is 1.89 bits per heavy atom. The second kappa shape index (κ2) is 9.80. The molecule has 2 aromatic rings. The maximum Gasteiger partial charge on any atom is 0.253 e. The molecule has 0 aliphatic rings. The van der Waals surface area contributed by atoms with Gasteiger partial charge in [0, 0.05) is 23.4 Å². The summed E-state index contributed by atoms with van der Waals surface area (Å²) in [6.07, 6.45) is 2.00. The first kappa shape index (κ1) is 20.6. The number of unbranched alkanes of at least 4 members (excludes halogenated alkanes) is 1. The van der Waals surface area contributed by atoms with E-state index in [0.717, 1.165) is 24.1 Å². The molecule has 1 aromatic heterocycles. The van der Waals surface area contributed by atoms with Crippen LogP contribution in [-0.4, -0.2) is 24.1 Å². The zero-order valence-corrected chi connectivity index (χ0v) is 16.5. The van der Waals surface area contributed by atoms with Crippen LogP contribution in [0, 0.1) is 13.8 Å². The van der Waals surface area contributed by atoms with Gasteiger partial charge < -0.3 is 19.8 Å². The summed E-state index contributed by atoms with van der Waals surface area (Å²) < 4.78 is 11.3. The second-order valence-electron chi connectivity index (χ2n) is 6.42. The van der Waals surface area contributed by atoms with Gasteiger partial charge in [-0.25, -0.2) is 0 Å². The van der Waals surface area contributed by atoms with Crippen LogP contribution in [0.25, 0.3) is 0 Å². The maximum absolute atomic E-state index is 12.5. The van der Waals surface area contributed by atoms with Gasteiger partial charge >= 0.3 is 0 Å². The van der Waals surface area contributed by atoms with Crippen LogP contribution in [0.5, 0.6) is 11.5 Å². The molecule has 1 aromatic carbocycles. The van der Waals surface area contributed by atoms with E-state index < -0.39 is 0 Å². The number of rotatable bonds is 9. The molecular weight excluding hydrogens is 344 g/mol. The van der Waals surface area contributed by atoms with Crippen molar-refractivity contribution >= 4 is 5.91 Å². The number of aryl methyl sites for hydroxylation is 2. The smallest absolute Gasteiger partial charge is 0.253 e. The maximum atomic E-state index is 12.5. The average molecular weight is 372 g/mol. The molecule has 0 bridgehead atoms. The summed E-state index contributed by atoms with van der Waals surface area (Å²) in [4.78, 5) is 27.3. The summed E-state index contributed by atoms with van der Waals surface area (Å²) in [5, 5.41) is 2.80. The predicted molar refractivity (Wildman–Crippen MR) is 106 cm³/mol. The van der Waals surface area contributed by atoms with Crippen molar-refractivity contribution in [3.05, 3.63) is 57.0 Å². The number of aromatic nitrogens is 1. The number of amides is 1. The highest BCUT2D eigenvalue weighted by molar-refractivity contribution is 5.94. The monoisotopic (exact) mass is 372 g/mol. The normalized spacial score (nSPS) is 10.5. The number of aromatic amines is 1. The van der Waals surface area contributed by atoms with E-state index >= 15 is 0 Å². The zero-order valence-electron chi connectivity index (χ0n) is 16.5. The minimum Gasteiger partial charge on any atom is -0.490 e. The Bertz CT molecular complexity index is 843. The third kappa shape index (κ3) is 5.61. The minimum atomic E-state index is -0.268. The molecule has 0 aliphatic heterocycles. The lowest BCUT2D eigenvalue weighted by Gasteiger charge is -2.13. The van der Waals surface area contributed by atoms with E-state index in [2.05, 4.69) is 17.2 Å². The fourth-order valence-electron chi connectivity index (χ4n) is 2.74. The summed E-state index contributed by atoms with van der Waals surface area (Å²) in [7, 11) is 0. The van der Waals surface area contributed by atoms with Crippen LogP contribution < -0.4 is 20.3 Å². The number of carbonyl (C=O) groups is 1. The Kier molecular flexibility index (Phi) is 7.46. The number of benzene rings is 1. The number of pyridine rings is 1. The van der Waals surface area contributed by atoms with Crippen LogP contribution in [0.3, 0.4) is 0 Å². The molecule has 0 saturated heterocycles. The number of carbonyl (C=O) groups excluding carboxylic acids is 1. The van der Waals surface area contributed by atoms with E-state index in [-0.39, 0.29) is 18.0 Å². The molecule has 6 heteroatoms. The molecule has 2 N–H and O–H groups in total. The molecule has 0 saturated carbocycles. The molecule has 27 heavy (non-hydrogen) atoms. The summed E-state index contributed by atoms with van der Waals surface area (Å²) in [5.41, 5.74) is 2.49. The van der Waals surface area contributed by atoms with Crippen LogP contribution >= 0.6 is 0 Å². The van der Waals surface area contributed by atoms with Crippen molar-refractivity contribution < 1.29 is 14.3 Å². The van der Waals surface area contributed by atoms with Gasteiger partial charge in [0.15, 0.2) is 11.5 Å². The Labute approximate surface area is 159 Å². The number of hydrogen-bond donors (Lipinski definition) is 2. The average Bonchev–Trinajstić information content (AvgIpc) is 2.62. The molecule has 0 unspecified atom stereocenters. The largest absolute Gasteiger partial charge is 0.490 e. The molecule has 146 valence electrons. The number of nitrogens with one attached hydrogen (secondary N) is 2. The van der Waals surface area contributed by atoms with Crippen molar-refractivity contribution in [2.24, 2.45) is 0 Å². The summed E-state index contributed by atoms with van der Waals surface area (Å²) in [6.45, 7) is 8.93. The topological polar surface area (TPSA) is 80.4 Å². The zero-order chi connectivity index (χ0) is 19.8. The van der Waals surface area contributed by atoms with Crippen molar-refractivity contribution in [1.82, 2.24) is 10.3 Å². The van der Waals surface area contributed by atoms with Gasteiger partial charge in [0.05, 0.1) is 13.2 Å². The number of hydrogen-bond acceptors (Lipinski definition) is 4. The predicted octanol–water partition coefficient (Wildman–Crippen LogP) is 3.50. The highest BCUT2D eigenvalue weighted by Crippen LogP contribution is 2.28.